The number of hydrogen-bond acceptors (Lipinski definition) is 4. The summed E-state index contributed by atoms with van der Waals surface area (Å²) >= 11 is 0. The third-order valence-electron chi connectivity index (χ3n) is 4.78. The first-order chi connectivity index (χ1) is 13.5. The first-order valence-electron chi connectivity index (χ1n) is 8.94. The molecule has 0 saturated heterocycles. The van der Waals surface area contributed by atoms with Crippen molar-refractivity contribution in [3.05, 3.63) is 46.6 Å². The van der Waals surface area contributed by atoms with Crippen LogP contribution < -0.4 is 10.1 Å². The Morgan fingerprint density at radius 1 is 1.24 bits per heavy atom. The molecule has 1 N–H and O–H groups in total. The van der Waals surface area contributed by atoms with Crippen LogP contribution >= 0.6 is 0 Å². The fourth-order valence-corrected chi connectivity index (χ4v) is 3.06. The van der Waals surface area contributed by atoms with E-state index in [1.54, 1.807) is 12.1 Å². The molecule has 1 atom stereocenters. The number of carbonyl (C=O) groups excluding carboxylic acids is 1. The first kappa shape index (κ1) is 20.6. The summed E-state index contributed by atoms with van der Waals surface area (Å²) in [7, 11) is 1.50. The van der Waals surface area contributed by atoms with E-state index in [9.17, 15) is 18.0 Å². The van der Waals surface area contributed by atoms with Gasteiger partial charge < -0.3 is 10.1 Å². The molecule has 2 aromatic heterocycles. The minimum absolute atomic E-state index is 0.0365. The van der Waals surface area contributed by atoms with E-state index in [0.29, 0.717) is 5.69 Å². The van der Waals surface area contributed by atoms with Gasteiger partial charge in [-0.3, -0.25) is 9.48 Å². The highest BCUT2D eigenvalue weighted by molar-refractivity contribution is 5.95. The molecule has 3 aromatic rings. The maximum atomic E-state index is 13.6. The molecule has 1 amide bonds. The monoisotopic (exact) mass is 406 g/mol. The van der Waals surface area contributed by atoms with Crippen LogP contribution in [0.2, 0.25) is 0 Å². The molecule has 6 nitrogen and oxygen atoms in total. The van der Waals surface area contributed by atoms with Crippen LogP contribution in [-0.2, 0) is 18.0 Å². The Morgan fingerprint density at radius 2 is 1.93 bits per heavy atom. The van der Waals surface area contributed by atoms with Crippen molar-refractivity contribution in [2.75, 3.05) is 5.32 Å². The van der Waals surface area contributed by atoms with Crippen molar-refractivity contribution in [1.82, 2.24) is 14.8 Å². The second-order valence-electron chi connectivity index (χ2n) is 6.91. The Hall–Kier alpha value is -3.10. The molecule has 0 aliphatic heterocycles. The summed E-state index contributed by atoms with van der Waals surface area (Å²) in [5.41, 5.74) is 1.88. The summed E-state index contributed by atoms with van der Waals surface area (Å²) in [5, 5.41) is 6.67. The lowest BCUT2D eigenvalue weighted by molar-refractivity contribution is -0.136. The molecular weight excluding hydrogens is 385 g/mol. The van der Waals surface area contributed by atoms with Crippen LogP contribution in [0.3, 0.4) is 0 Å². The van der Waals surface area contributed by atoms with Gasteiger partial charge in [-0.05, 0) is 44.9 Å². The molecular formula is C20H21F3N4O2. The third-order valence-corrected chi connectivity index (χ3v) is 4.78. The Morgan fingerprint density at radius 3 is 2.59 bits per heavy atom. The van der Waals surface area contributed by atoms with Crippen molar-refractivity contribution >= 4 is 22.6 Å². The number of rotatable bonds is 4. The zero-order valence-corrected chi connectivity index (χ0v) is 16.7. The van der Waals surface area contributed by atoms with Gasteiger partial charge in [0, 0.05) is 18.8 Å². The molecule has 0 radical (unpaired) electrons. The maximum absolute atomic E-state index is 13.6. The zero-order valence-electron chi connectivity index (χ0n) is 16.7. The van der Waals surface area contributed by atoms with E-state index in [1.807, 2.05) is 19.9 Å². The van der Waals surface area contributed by atoms with Gasteiger partial charge in [-0.2, -0.15) is 23.3 Å². The smallest absolute Gasteiger partial charge is 0.417 e. The number of ether oxygens (including phenoxy) is 1. The van der Waals surface area contributed by atoms with Crippen LogP contribution in [0.25, 0.3) is 11.0 Å². The number of anilines is 1. The normalized spacial score (nSPS) is 12.8. The maximum Gasteiger partial charge on any atom is 0.417 e. The van der Waals surface area contributed by atoms with Crippen molar-refractivity contribution in [2.24, 2.45) is 7.05 Å². The van der Waals surface area contributed by atoms with E-state index >= 15 is 0 Å². The Bertz CT molecular complexity index is 1090. The van der Waals surface area contributed by atoms with E-state index < -0.39 is 23.8 Å². The van der Waals surface area contributed by atoms with Gasteiger partial charge in [0.2, 0.25) is 5.88 Å². The Labute approximate surface area is 165 Å². The molecule has 0 spiro atoms. The number of halogens is 3. The highest BCUT2D eigenvalue weighted by Crippen LogP contribution is 2.37. The summed E-state index contributed by atoms with van der Waals surface area (Å²) in [6.07, 6.45) is -5.67. The SMILES string of the molecule is Cc1cccc(NC(=O)[C@@H](C)Oc2cc(C(F)(F)F)c3c(C)nn(C)c3n2)c1C. The van der Waals surface area contributed by atoms with Crippen molar-refractivity contribution < 1.29 is 22.7 Å². The Kier molecular flexibility index (Phi) is 5.25. The van der Waals surface area contributed by atoms with Crippen LogP contribution in [0.5, 0.6) is 5.88 Å². The summed E-state index contributed by atoms with van der Waals surface area (Å²) in [5.74, 6) is -0.785. The Balaban J connectivity index is 1.90. The fraction of sp³-hybridized carbons (Fsp3) is 0.350. The molecule has 1 aromatic carbocycles. The summed E-state index contributed by atoms with van der Waals surface area (Å²) in [4.78, 5) is 16.6. The average molecular weight is 406 g/mol. The number of nitrogens with one attached hydrogen (secondary N) is 1. The highest BCUT2D eigenvalue weighted by atomic mass is 19.4. The van der Waals surface area contributed by atoms with E-state index in [1.165, 1.54) is 25.6 Å². The molecule has 29 heavy (non-hydrogen) atoms. The predicted molar refractivity (Wildman–Crippen MR) is 103 cm³/mol. The number of alkyl halides is 3. The lowest BCUT2D eigenvalue weighted by Gasteiger charge is -2.17. The van der Waals surface area contributed by atoms with Crippen LogP contribution in [0.1, 0.15) is 29.3 Å². The lowest BCUT2D eigenvalue weighted by Crippen LogP contribution is -2.30. The quantitative estimate of drug-likeness (QED) is 0.701. The van der Waals surface area contributed by atoms with Gasteiger partial charge in [0.25, 0.3) is 5.91 Å². The minimum atomic E-state index is -4.61. The zero-order chi connectivity index (χ0) is 21.5. The molecule has 0 unspecified atom stereocenters. The lowest BCUT2D eigenvalue weighted by atomic mass is 10.1. The third kappa shape index (κ3) is 4.03. The van der Waals surface area contributed by atoms with Gasteiger partial charge in [-0.25, -0.2) is 0 Å². The summed E-state index contributed by atoms with van der Waals surface area (Å²) < 4.78 is 47.4. The molecule has 2 heterocycles. The molecule has 0 fully saturated rings. The van der Waals surface area contributed by atoms with E-state index in [0.717, 1.165) is 17.2 Å². The first-order valence-corrected chi connectivity index (χ1v) is 8.94. The van der Waals surface area contributed by atoms with Crippen molar-refractivity contribution in [2.45, 2.75) is 40.0 Å². The van der Waals surface area contributed by atoms with Crippen LogP contribution in [0.4, 0.5) is 18.9 Å². The molecule has 0 saturated carbocycles. The van der Waals surface area contributed by atoms with Crippen molar-refractivity contribution in [1.29, 1.82) is 0 Å². The second kappa shape index (κ2) is 7.38. The largest absolute Gasteiger partial charge is 0.464 e. The molecule has 9 heteroatoms. The number of pyridine rings is 1. The predicted octanol–water partition coefficient (Wildman–Crippen LogP) is 4.32. The fourth-order valence-electron chi connectivity index (χ4n) is 3.06. The number of nitrogens with zero attached hydrogens (tertiary/aromatic N) is 3. The standard InChI is InChI=1S/C20H21F3N4O2/c1-10-7-6-8-15(11(10)2)24-19(28)13(4)29-16-9-14(20(21,22)23)17-12(3)26-27(5)18(17)25-16/h6-9,13H,1-5H3,(H,24,28)/t13-/m1/s1. The topological polar surface area (TPSA) is 69.0 Å². The molecule has 154 valence electrons. The number of carbonyl (C=O) groups is 1. The van der Waals surface area contributed by atoms with Gasteiger partial charge in [-0.15, -0.1) is 0 Å². The second-order valence-corrected chi connectivity index (χ2v) is 6.91. The number of hydrogen-bond donors (Lipinski definition) is 1. The van der Waals surface area contributed by atoms with Crippen molar-refractivity contribution in [3.8, 4) is 5.88 Å². The van der Waals surface area contributed by atoms with Crippen LogP contribution in [0.15, 0.2) is 24.3 Å². The number of fused-ring (bicyclic) bond motifs is 1. The minimum Gasteiger partial charge on any atom is -0.464 e. The molecule has 0 aliphatic carbocycles. The van der Waals surface area contributed by atoms with E-state index in [4.69, 9.17) is 4.74 Å². The summed E-state index contributed by atoms with van der Waals surface area (Å²) in [6, 6.07) is 6.27. The number of aromatic nitrogens is 3. The number of benzene rings is 1. The average Bonchev–Trinajstić information content (AvgIpc) is 2.91. The van der Waals surface area contributed by atoms with Gasteiger partial charge in [0.1, 0.15) is 0 Å². The van der Waals surface area contributed by atoms with Gasteiger partial charge in [-0.1, -0.05) is 12.1 Å². The number of amides is 1. The van der Waals surface area contributed by atoms with Gasteiger partial charge in [0.15, 0.2) is 11.8 Å². The summed E-state index contributed by atoms with van der Waals surface area (Å²) in [6.45, 7) is 6.72. The van der Waals surface area contributed by atoms with Gasteiger partial charge in [0.05, 0.1) is 16.6 Å². The van der Waals surface area contributed by atoms with E-state index in [-0.39, 0.29) is 22.6 Å². The van der Waals surface area contributed by atoms with Crippen molar-refractivity contribution in [3.63, 3.8) is 0 Å². The van der Waals surface area contributed by atoms with Crippen LogP contribution in [-0.4, -0.2) is 26.8 Å². The number of aryl methyl sites for hydroxylation is 3. The molecule has 0 bridgehead atoms. The molecule has 0 aliphatic rings. The molecule has 3 rings (SSSR count). The van der Waals surface area contributed by atoms with Gasteiger partial charge >= 0.3 is 6.18 Å². The highest BCUT2D eigenvalue weighted by Gasteiger charge is 2.36. The van der Waals surface area contributed by atoms with E-state index in [2.05, 4.69) is 15.4 Å². The van der Waals surface area contributed by atoms with Crippen LogP contribution in [0, 0.1) is 20.8 Å².